The Labute approximate surface area is 491 Å². The number of rotatable bonds is 63. The van der Waals surface area contributed by atoms with E-state index in [1.807, 2.05) is 0 Å². The SMILES string of the molecule is CC/C=C\C/C=C\C/C=C\C/C=C\CCCCCCCCCCCCCCC(=O)OCC(COC(=O)CCCCCCCCCCCCCCCCCCCC)OC(=O)CCCCCCCCC/C=C\C/C=C\CCCCCC. The van der Waals surface area contributed by atoms with Crippen molar-refractivity contribution in [1.82, 2.24) is 0 Å². The summed E-state index contributed by atoms with van der Waals surface area (Å²) in [6.07, 6.45) is 87.7. The fraction of sp³-hybridized carbons (Fsp3) is 0.795. The van der Waals surface area contributed by atoms with Gasteiger partial charge in [-0.3, -0.25) is 14.4 Å². The van der Waals surface area contributed by atoms with Crippen LogP contribution in [0.3, 0.4) is 0 Å². The van der Waals surface area contributed by atoms with E-state index in [0.717, 1.165) is 96.3 Å². The van der Waals surface area contributed by atoms with Crippen LogP contribution in [0.15, 0.2) is 72.9 Å². The van der Waals surface area contributed by atoms with Crippen molar-refractivity contribution in [3.05, 3.63) is 72.9 Å². The Morgan fingerprint density at radius 1 is 0.266 bits per heavy atom. The molecule has 0 aromatic heterocycles. The van der Waals surface area contributed by atoms with Crippen LogP contribution in [0.2, 0.25) is 0 Å². The second-order valence-electron chi connectivity index (χ2n) is 23.1. The maximum Gasteiger partial charge on any atom is 0.306 e. The Balaban J connectivity index is 4.33. The lowest BCUT2D eigenvalue weighted by atomic mass is 10.0. The number of carbonyl (C=O) groups excluding carboxylic acids is 3. The summed E-state index contributed by atoms with van der Waals surface area (Å²) in [6, 6.07) is 0. The first-order valence-corrected chi connectivity index (χ1v) is 34.4. The van der Waals surface area contributed by atoms with Crippen LogP contribution in [0.1, 0.15) is 355 Å². The smallest absolute Gasteiger partial charge is 0.306 e. The third-order valence-electron chi connectivity index (χ3n) is 15.2. The number of ether oxygens (including phenoxy) is 3. The highest BCUT2D eigenvalue weighted by molar-refractivity contribution is 5.71. The molecule has 0 N–H and O–H groups in total. The van der Waals surface area contributed by atoms with E-state index >= 15 is 0 Å². The lowest BCUT2D eigenvalue weighted by molar-refractivity contribution is -0.167. The van der Waals surface area contributed by atoms with Gasteiger partial charge in [0.1, 0.15) is 13.2 Å². The van der Waals surface area contributed by atoms with Gasteiger partial charge in [-0.15, -0.1) is 0 Å². The van der Waals surface area contributed by atoms with E-state index in [0.29, 0.717) is 19.3 Å². The molecular formula is C73H130O6. The van der Waals surface area contributed by atoms with E-state index in [1.165, 1.54) is 218 Å². The van der Waals surface area contributed by atoms with Gasteiger partial charge >= 0.3 is 17.9 Å². The molecule has 0 aliphatic rings. The summed E-state index contributed by atoms with van der Waals surface area (Å²) in [5, 5.41) is 0. The van der Waals surface area contributed by atoms with Crippen LogP contribution in [0.25, 0.3) is 0 Å². The highest BCUT2D eigenvalue weighted by Gasteiger charge is 2.19. The molecule has 1 atom stereocenters. The maximum absolute atomic E-state index is 12.9. The lowest BCUT2D eigenvalue weighted by Gasteiger charge is -2.18. The molecule has 0 fully saturated rings. The summed E-state index contributed by atoms with van der Waals surface area (Å²) >= 11 is 0. The van der Waals surface area contributed by atoms with Crippen molar-refractivity contribution in [2.75, 3.05) is 13.2 Å². The molecule has 0 aromatic rings. The van der Waals surface area contributed by atoms with Gasteiger partial charge in [0.15, 0.2) is 6.10 Å². The molecule has 0 aromatic carbocycles. The third-order valence-corrected chi connectivity index (χ3v) is 15.2. The van der Waals surface area contributed by atoms with Crippen molar-refractivity contribution < 1.29 is 28.6 Å². The summed E-state index contributed by atoms with van der Waals surface area (Å²) in [6.45, 7) is 6.56. The molecule has 0 aliphatic carbocycles. The molecule has 1 unspecified atom stereocenters. The van der Waals surface area contributed by atoms with E-state index in [2.05, 4.69) is 93.7 Å². The Morgan fingerprint density at radius 3 is 0.785 bits per heavy atom. The molecule has 0 spiro atoms. The predicted molar refractivity (Wildman–Crippen MR) is 344 cm³/mol. The van der Waals surface area contributed by atoms with Gasteiger partial charge in [0.25, 0.3) is 0 Å². The number of hydrogen-bond donors (Lipinski definition) is 0. The average Bonchev–Trinajstić information content (AvgIpc) is 3.45. The second kappa shape index (κ2) is 67.4. The summed E-state index contributed by atoms with van der Waals surface area (Å²) < 4.78 is 17.0. The molecule has 0 saturated carbocycles. The summed E-state index contributed by atoms with van der Waals surface area (Å²) in [4.78, 5) is 38.4. The molecule has 458 valence electrons. The van der Waals surface area contributed by atoms with Crippen molar-refractivity contribution in [3.63, 3.8) is 0 Å². The van der Waals surface area contributed by atoms with Crippen LogP contribution in [-0.2, 0) is 28.6 Å². The van der Waals surface area contributed by atoms with Crippen LogP contribution in [0, 0.1) is 0 Å². The Hall–Kier alpha value is -3.15. The molecule has 0 amide bonds. The highest BCUT2D eigenvalue weighted by atomic mass is 16.6. The number of carbonyl (C=O) groups is 3. The average molecular weight is 1100 g/mol. The van der Waals surface area contributed by atoms with Gasteiger partial charge < -0.3 is 14.2 Å². The minimum absolute atomic E-state index is 0.0748. The summed E-state index contributed by atoms with van der Waals surface area (Å²) in [5.74, 6) is -0.863. The highest BCUT2D eigenvalue weighted by Crippen LogP contribution is 2.18. The van der Waals surface area contributed by atoms with Crippen molar-refractivity contribution in [1.29, 1.82) is 0 Å². The van der Waals surface area contributed by atoms with Crippen LogP contribution >= 0.6 is 0 Å². The molecule has 0 rings (SSSR count). The molecule has 0 bridgehead atoms. The van der Waals surface area contributed by atoms with Gasteiger partial charge in [-0.1, -0.05) is 318 Å². The van der Waals surface area contributed by atoms with Crippen molar-refractivity contribution >= 4 is 17.9 Å². The van der Waals surface area contributed by atoms with Gasteiger partial charge in [0.2, 0.25) is 0 Å². The fourth-order valence-electron chi connectivity index (χ4n) is 10.1. The van der Waals surface area contributed by atoms with E-state index in [9.17, 15) is 14.4 Å². The molecule has 79 heavy (non-hydrogen) atoms. The molecule has 0 heterocycles. The zero-order valence-electron chi connectivity index (χ0n) is 52.6. The van der Waals surface area contributed by atoms with Crippen LogP contribution in [-0.4, -0.2) is 37.2 Å². The van der Waals surface area contributed by atoms with Crippen LogP contribution < -0.4 is 0 Å². The number of allylic oxidation sites excluding steroid dienone is 12. The van der Waals surface area contributed by atoms with Gasteiger partial charge in [-0.2, -0.15) is 0 Å². The molecule has 0 saturated heterocycles. The van der Waals surface area contributed by atoms with Crippen molar-refractivity contribution in [3.8, 4) is 0 Å². The lowest BCUT2D eigenvalue weighted by Crippen LogP contribution is -2.30. The summed E-state index contributed by atoms with van der Waals surface area (Å²) in [5.41, 5.74) is 0. The van der Waals surface area contributed by atoms with Crippen molar-refractivity contribution in [2.45, 2.75) is 361 Å². The van der Waals surface area contributed by atoms with E-state index in [1.54, 1.807) is 0 Å². The Kier molecular flexibility index (Phi) is 64.7. The molecule has 0 radical (unpaired) electrons. The van der Waals surface area contributed by atoms with Gasteiger partial charge in [0, 0.05) is 19.3 Å². The van der Waals surface area contributed by atoms with Gasteiger partial charge in [0.05, 0.1) is 0 Å². The molecular weight excluding hydrogens is 973 g/mol. The molecule has 6 heteroatoms. The normalized spacial score (nSPS) is 12.5. The van der Waals surface area contributed by atoms with Gasteiger partial charge in [-0.25, -0.2) is 0 Å². The van der Waals surface area contributed by atoms with Crippen molar-refractivity contribution in [2.24, 2.45) is 0 Å². The molecule has 6 nitrogen and oxygen atoms in total. The topological polar surface area (TPSA) is 78.9 Å². The Morgan fingerprint density at radius 2 is 0.494 bits per heavy atom. The monoisotopic (exact) mass is 1100 g/mol. The van der Waals surface area contributed by atoms with Crippen LogP contribution in [0.5, 0.6) is 0 Å². The quantitative estimate of drug-likeness (QED) is 0.0261. The van der Waals surface area contributed by atoms with Crippen LogP contribution in [0.4, 0.5) is 0 Å². The predicted octanol–water partition coefficient (Wildman–Crippen LogP) is 23.7. The fourth-order valence-corrected chi connectivity index (χ4v) is 10.1. The number of unbranched alkanes of at least 4 members (excludes halogenated alkanes) is 40. The molecule has 0 aliphatic heterocycles. The standard InChI is InChI=1S/C73H130O6/c1-4-7-10-13-16-19-22-25-28-31-34-35-36-37-38-39-40-43-45-48-51-54-57-60-63-66-72(75)78-69-70(79-73(76)67-64-61-58-55-52-49-46-42-33-30-27-24-21-18-15-12-9-6-3)68-77-71(74)65-62-59-56-53-50-47-44-41-32-29-26-23-20-17-14-11-8-5-2/h7,10,16,19,21,24-25,28,30,33-35,70H,4-6,8-9,11-15,17-18,20,22-23,26-27,29,31-32,36-69H2,1-3H3/b10-7-,19-16-,24-21-,28-25-,33-30-,35-34-. The Bertz CT molecular complexity index is 1450. The maximum atomic E-state index is 12.9. The van der Waals surface area contributed by atoms with Gasteiger partial charge in [-0.05, 0) is 89.9 Å². The summed E-state index contributed by atoms with van der Waals surface area (Å²) in [7, 11) is 0. The van der Waals surface area contributed by atoms with E-state index in [4.69, 9.17) is 14.2 Å². The first-order chi connectivity index (χ1) is 39.0. The first-order valence-electron chi connectivity index (χ1n) is 34.4. The number of hydrogen-bond acceptors (Lipinski definition) is 6. The first kappa shape index (κ1) is 75.8. The zero-order chi connectivity index (χ0) is 57.1. The largest absolute Gasteiger partial charge is 0.462 e. The second-order valence-corrected chi connectivity index (χ2v) is 23.1. The minimum atomic E-state index is -0.780. The van der Waals surface area contributed by atoms with E-state index < -0.39 is 6.10 Å². The number of esters is 3. The minimum Gasteiger partial charge on any atom is -0.462 e. The zero-order valence-corrected chi connectivity index (χ0v) is 52.6. The van der Waals surface area contributed by atoms with E-state index in [-0.39, 0.29) is 31.1 Å². The third kappa shape index (κ3) is 65.5.